The van der Waals surface area contributed by atoms with Crippen LogP contribution < -0.4 is 0 Å². The van der Waals surface area contributed by atoms with Crippen molar-refractivity contribution in [1.82, 2.24) is 0 Å². The first-order valence-electron chi connectivity index (χ1n) is 4.29. The molecule has 68 valence electrons. The smallest absolute Gasteiger partial charge is 0.124 e. The minimum Gasteiger partial charge on any atom is -0.303 e. The van der Waals surface area contributed by atoms with E-state index in [1.807, 2.05) is 27.7 Å². The zero-order chi connectivity index (χ0) is 9.57. The third-order valence-corrected chi connectivity index (χ3v) is 3.48. The van der Waals surface area contributed by atoms with Crippen molar-refractivity contribution in [3.05, 3.63) is 0 Å². The van der Waals surface area contributed by atoms with E-state index in [2.05, 4.69) is 0 Å². The van der Waals surface area contributed by atoms with Crippen molar-refractivity contribution in [3.63, 3.8) is 0 Å². The molecule has 2 heteroatoms. The van der Waals surface area contributed by atoms with Crippen LogP contribution in [0.15, 0.2) is 0 Å². The van der Waals surface area contributed by atoms with Crippen LogP contribution in [-0.4, -0.2) is 12.6 Å². The maximum absolute atomic E-state index is 10.8. The number of aldehydes is 2. The van der Waals surface area contributed by atoms with E-state index in [1.165, 1.54) is 0 Å². The summed E-state index contributed by atoms with van der Waals surface area (Å²) in [6, 6.07) is 0. The molecular weight excluding hydrogens is 152 g/mol. The molecule has 0 spiro atoms. The van der Waals surface area contributed by atoms with Gasteiger partial charge in [-0.25, -0.2) is 0 Å². The van der Waals surface area contributed by atoms with E-state index < -0.39 is 0 Å². The average molecular weight is 168 g/mol. The molecule has 0 bridgehead atoms. The Balaban J connectivity index is 2.95. The lowest BCUT2D eigenvalue weighted by Crippen LogP contribution is -2.60. The van der Waals surface area contributed by atoms with Crippen molar-refractivity contribution >= 4 is 12.6 Å². The van der Waals surface area contributed by atoms with E-state index in [9.17, 15) is 9.59 Å². The van der Waals surface area contributed by atoms with Gasteiger partial charge in [0.05, 0.1) is 0 Å². The van der Waals surface area contributed by atoms with Crippen molar-refractivity contribution < 1.29 is 9.59 Å². The molecule has 0 amide bonds. The molecule has 0 atom stereocenters. The molecule has 1 rings (SSSR count). The SMILES string of the molecule is CC1(C)C(C=O)C(C)(C)C1C=O. The number of hydrogen-bond donors (Lipinski definition) is 0. The summed E-state index contributed by atoms with van der Waals surface area (Å²) in [5.74, 6) is 0.0281. The molecule has 1 saturated carbocycles. The van der Waals surface area contributed by atoms with Crippen molar-refractivity contribution in [2.24, 2.45) is 22.7 Å². The molecule has 0 heterocycles. The minimum absolute atomic E-state index is 0.0141. The molecule has 0 aromatic rings. The minimum atomic E-state index is -0.146. The first kappa shape index (κ1) is 9.43. The lowest BCUT2D eigenvalue weighted by Gasteiger charge is -2.60. The Hall–Kier alpha value is -0.660. The topological polar surface area (TPSA) is 34.1 Å². The maximum Gasteiger partial charge on any atom is 0.124 e. The third kappa shape index (κ3) is 0.869. The van der Waals surface area contributed by atoms with Gasteiger partial charge in [0.15, 0.2) is 0 Å². The zero-order valence-electron chi connectivity index (χ0n) is 8.13. The predicted octanol–water partition coefficient (Wildman–Crippen LogP) is 1.68. The van der Waals surface area contributed by atoms with Gasteiger partial charge in [-0.2, -0.15) is 0 Å². The van der Waals surface area contributed by atoms with E-state index in [1.54, 1.807) is 0 Å². The van der Waals surface area contributed by atoms with Crippen LogP contribution in [0.25, 0.3) is 0 Å². The number of carbonyl (C=O) groups excluding carboxylic acids is 2. The van der Waals surface area contributed by atoms with Crippen molar-refractivity contribution in [2.75, 3.05) is 0 Å². The van der Waals surface area contributed by atoms with Gasteiger partial charge < -0.3 is 9.59 Å². The summed E-state index contributed by atoms with van der Waals surface area (Å²) >= 11 is 0. The van der Waals surface area contributed by atoms with E-state index in [-0.39, 0.29) is 22.7 Å². The van der Waals surface area contributed by atoms with Gasteiger partial charge in [-0.15, -0.1) is 0 Å². The van der Waals surface area contributed by atoms with Crippen LogP contribution in [0.1, 0.15) is 27.7 Å². The predicted molar refractivity (Wildman–Crippen MR) is 46.7 cm³/mol. The van der Waals surface area contributed by atoms with E-state index in [0.29, 0.717) is 0 Å². The Bertz CT molecular complexity index is 180. The first-order valence-corrected chi connectivity index (χ1v) is 4.29. The van der Waals surface area contributed by atoms with Crippen LogP contribution in [-0.2, 0) is 9.59 Å². The second-order valence-electron chi connectivity index (χ2n) is 4.87. The van der Waals surface area contributed by atoms with Crippen molar-refractivity contribution in [2.45, 2.75) is 27.7 Å². The van der Waals surface area contributed by atoms with Gasteiger partial charge in [0, 0.05) is 11.8 Å². The maximum atomic E-state index is 10.8. The zero-order valence-corrected chi connectivity index (χ0v) is 8.13. The van der Waals surface area contributed by atoms with E-state index in [0.717, 1.165) is 12.6 Å². The third-order valence-electron chi connectivity index (χ3n) is 3.48. The van der Waals surface area contributed by atoms with Gasteiger partial charge in [0.25, 0.3) is 0 Å². The summed E-state index contributed by atoms with van der Waals surface area (Å²) in [6.07, 6.45) is 1.97. The summed E-state index contributed by atoms with van der Waals surface area (Å²) in [4.78, 5) is 21.5. The average Bonchev–Trinajstić information content (AvgIpc) is 1.85. The summed E-state index contributed by atoms with van der Waals surface area (Å²) in [6.45, 7) is 7.93. The summed E-state index contributed by atoms with van der Waals surface area (Å²) in [7, 11) is 0. The molecule has 1 aliphatic carbocycles. The van der Waals surface area contributed by atoms with Crippen LogP contribution in [0.2, 0.25) is 0 Å². The Morgan fingerprint density at radius 3 is 1.25 bits per heavy atom. The van der Waals surface area contributed by atoms with Crippen LogP contribution >= 0.6 is 0 Å². The molecular formula is C10H16O2. The molecule has 0 saturated heterocycles. The van der Waals surface area contributed by atoms with E-state index >= 15 is 0 Å². The standard InChI is InChI=1S/C10H16O2/c1-9(2)7(5-11)10(3,4)8(9)6-12/h5-8H,1-4H3. The normalized spacial score (nSPS) is 36.7. The van der Waals surface area contributed by atoms with Gasteiger partial charge in [0.1, 0.15) is 12.6 Å². The summed E-state index contributed by atoms with van der Waals surface area (Å²) < 4.78 is 0. The quantitative estimate of drug-likeness (QED) is 0.588. The highest BCUT2D eigenvalue weighted by molar-refractivity contribution is 5.68. The second-order valence-corrected chi connectivity index (χ2v) is 4.87. The van der Waals surface area contributed by atoms with Crippen LogP contribution in [0.5, 0.6) is 0 Å². The fourth-order valence-corrected chi connectivity index (χ4v) is 2.91. The molecule has 0 aromatic carbocycles. The van der Waals surface area contributed by atoms with Crippen LogP contribution in [0.4, 0.5) is 0 Å². The Morgan fingerprint density at radius 1 is 0.833 bits per heavy atom. The van der Waals surface area contributed by atoms with Crippen molar-refractivity contribution in [1.29, 1.82) is 0 Å². The Labute approximate surface area is 73.3 Å². The number of rotatable bonds is 2. The molecule has 0 aromatic heterocycles. The molecule has 2 nitrogen and oxygen atoms in total. The van der Waals surface area contributed by atoms with E-state index in [4.69, 9.17) is 0 Å². The Morgan fingerprint density at radius 2 is 1.08 bits per heavy atom. The second kappa shape index (κ2) is 2.41. The molecule has 1 fully saturated rings. The largest absolute Gasteiger partial charge is 0.303 e. The molecule has 1 aliphatic rings. The monoisotopic (exact) mass is 168 g/mol. The fraction of sp³-hybridized carbons (Fsp3) is 0.800. The molecule has 0 radical (unpaired) electrons. The van der Waals surface area contributed by atoms with Gasteiger partial charge in [0.2, 0.25) is 0 Å². The number of hydrogen-bond acceptors (Lipinski definition) is 2. The summed E-state index contributed by atoms with van der Waals surface area (Å²) in [5.41, 5.74) is -0.292. The van der Waals surface area contributed by atoms with Gasteiger partial charge >= 0.3 is 0 Å². The fourth-order valence-electron chi connectivity index (χ4n) is 2.91. The molecule has 0 unspecified atom stereocenters. The molecule has 0 aliphatic heterocycles. The van der Waals surface area contributed by atoms with Gasteiger partial charge in [-0.1, -0.05) is 27.7 Å². The Kier molecular flexibility index (Phi) is 1.89. The number of carbonyl (C=O) groups is 2. The first-order chi connectivity index (χ1) is 5.39. The van der Waals surface area contributed by atoms with Crippen LogP contribution in [0, 0.1) is 22.7 Å². The lowest BCUT2D eigenvalue weighted by molar-refractivity contribution is -0.168. The van der Waals surface area contributed by atoms with Gasteiger partial charge in [-0.05, 0) is 10.8 Å². The van der Waals surface area contributed by atoms with Gasteiger partial charge in [-0.3, -0.25) is 0 Å². The lowest BCUT2D eigenvalue weighted by atomic mass is 9.42. The highest BCUT2D eigenvalue weighted by Crippen LogP contribution is 2.61. The summed E-state index contributed by atoms with van der Waals surface area (Å²) in [5, 5.41) is 0. The molecule has 12 heavy (non-hydrogen) atoms. The van der Waals surface area contributed by atoms with Crippen LogP contribution in [0.3, 0.4) is 0 Å². The highest BCUT2D eigenvalue weighted by atomic mass is 16.1. The van der Waals surface area contributed by atoms with Crippen molar-refractivity contribution in [3.8, 4) is 0 Å². The highest BCUT2D eigenvalue weighted by Gasteiger charge is 2.61. The molecule has 0 N–H and O–H groups in total.